The molecule has 0 amide bonds. The minimum Gasteiger partial charge on any atom is -0.489 e. The lowest BCUT2D eigenvalue weighted by Crippen LogP contribution is -2.31. The maximum atomic E-state index is 11.0. The van der Waals surface area contributed by atoms with Gasteiger partial charge in [0.2, 0.25) is 0 Å². The molecule has 4 nitrogen and oxygen atoms in total. The zero-order chi connectivity index (χ0) is 13.1. The summed E-state index contributed by atoms with van der Waals surface area (Å²) in [4.78, 5) is 11.0. The van der Waals surface area contributed by atoms with Gasteiger partial charge in [0.1, 0.15) is 17.9 Å². The van der Waals surface area contributed by atoms with E-state index in [9.17, 15) is 9.90 Å². The van der Waals surface area contributed by atoms with Crippen molar-refractivity contribution < 1.29 is 19.7 Å². The fraction of sp³-hybridized carbons (Fsp3) is 0.417. The van der Waals surface area contributed by atoms with Crippen LogP contribution in [0, 0.1) is 0 Å². The fourth-order valence-electron chi connectivity index (χ4n) is 1.15. The molecule has 0 spiro atoms. The van der Waals surface area contributed by atoms with Crippen LogP contribution >= 0.6 is 15.9 Å². The quantitative estimate of drug-likeness (QED) is 0.877. The zero-order valence-corrected chi connectivity index (χ0v) is 11.3. The largest absolute Gasteiger partial charge is 0.489 e. The number of para-hydroxylation sites is 1. The molecular weight excluding hydrogens is 288 g/mol. The number of ether oxygens (including phenoxy) is 1. The molecule has 0 aliphatic rings. The third-order valence-electron chi connectivity index (χ3n) is 2.49. The Morgan fingerprint density at radius 1 is 1.53 bits per heavy atom. The molecule has 1 atom stereocenters. The molecule has 17 heavy (non-hydrogen) atoms. The molecule has 0 heterocycles. The van der Waals surface area contributed by atoms with Gasteiger partial charge in [-0.05, 0) is 41.4 Å². The van der Waals surface area contributed by atoms with Crippen LogP contribution in [-0.2, 0) is 0 Å². The molecule has 0 radical (unpaired) electrons. The number of carbonyl (C=O) groups is 1. The highest BCUT2D eigenvalue weighted by atomic mass is 79.9. The highest BCUT2D eigenvalue weighted by molar-refractivity contribution is 9.10. The van der Waals surface area contributed by atoms with Crippen molar-refractivity contribution in [2.45, 2.75) is 25.9 Å². The van der Waals surface area contributed by atoms with E-state index in [1.807, 2.05) is 6.92 Å². The van der Waals surface area contributed by atoms with E-state index in [1.54, 1.807) is 19.1 Å². The van der Waals surface area contributed by atoms with Crippen LogP contribution in [0.4, 0.5) is 0 Å². The first kappa shape index (κ1) is 14.0. The van der Waals surface area contributed by atoms with E-state index < -0.39 is 11.6 Å². The van der Waals surface area contributed by atoms with E-state index in [0.717, 1.165) is 0 Å². The maximum absolute atomic E-state index is 11.0. The zero-order valence-electron chi connectivity index (χ0n) is 9.74. The number of hydrogen-bond donors (Lipinski definition) is 2. The SMILES string of the molecule is CCC(C)(O)COc1c(Br)cccc1C(=O)O. The van der Waals surface area contributed by atoms with Crippen LogP contribution in [-0.4, -0.2) is 28.4 Å². The molecule has 0 aromatic heterocycles. The van der Waals surface area contributed by atoms with Crippen molar-refractivity contribution in [3.05, 3.63) is 28.2 Å². The average molecular weight is 303 g/mol. The van der Waals surface area contributed by atoms with E-state index in [-0.39, 0.29) is 17.9 Å². The van der Waals surface area contributed by atoms with Crippen LogP contribution in [0.15, 0.2) is 22.7 Å². The lowest BCUT2D eigenvalue weighted by molar-refractivity contribution is 0.00765. The highest BCUT2D eigenvalue weighted by Gasteiger charge is 2.21. The molecule has 0 aliphatic carbocycles. The number of carboxylic acids is 1. The molecular formula is C12H15BrO4. The number of halogens is 1. The average Bonchev–Trinajstić information content (AvgIpc) is 2.27. The lowest BCUT2D eigenvalue weighted by atomic mass is 10.1. The molecule has 2 N–H and O–H groups in total. The molecule has 1 aromatic rings. The Morgan fingerprint density at radius 3 is 2.71 bits per heavy atom. The first-order valence-corrected chi connectivity index (χ1v) is 6.03. The number of aliphatic hydroxyl groups is 1. The van der Waals surface area contributed by atoms with E-state index in [1.165, 1.54) is 6.07 Å². The predicted octanol–water partition coefficient (Wildman–Crippen LogP) is 2.69. The van der Waals surface area contributed by atoms with E-state index in [0.29, 0.717) is 10.9 Å². The first-order valence-electron chi connectivity index (χ1n) is 5.24. The third kappa shape index (κ3) is 3.71. The van der Waals surface area contributed by atoms with Crippen LogP contribution in [0.1, 0.15) is 30.6 Å². The summed E-state index contributed by atoms with van der Waals surface area (Å²) in [7, 11) is 0. The number of rotatable bonds is 5. The van der Waals surface area contributed by atoms with E-state index >= 15 is 0 Å². The Bertz CT molecular complexity index is 415. The summed E-state index contributed by atoms with van der Waals surface area (Å²) in [6.45, 7) is 3.53. The maximum Gasteiger partial charge on any atom is 0.339 e. The topological polar surface area (TPSA) is 66.8 Å². The Labute approximate surface area is 108 Å². The summed E-state index contributed by atoms with van der Waals surface area (Å²) >= 11 is 3.24. The molecule has 0 aliphatic heterocycles. The van der Waals surface area contributed by atoms with Crippen LogP contribution in [0.3, 0.4) is 0 Å². The molecule has 5 heteroatoms. The molecule has 94 valence electrons. The van der Waals surface area contributed by atoms with Gasteiger partial charge in [0.25, 0.3) is 0 Å². The van der Waals surface area contributed by atoms with Crippen molar-refractivity contribution >= 4 is 21.9 Å². The van der Waals surface area contributed by atoms with Gasteiger partial charge in [0, 0.05) is 0 Å². The van der Waals surface area contributed by atoms with Gasteiger partial charge in [0.15, 0.2) is 0 Å². The van der Waals surface area contributed by atoms with Crippen LogP contribution in [0.2, 0.25) is 0 Å². The number of carboxylic acid groups (broad SMARTS) is 1. The summed E-state index contributed by atoms with van der Waals surface area (Å²) in [6, 6.07) is 4.78. The third-order valence-corrected chi connectivity index (χ3v) is 3.11. The van der Waals surface area contributed by atoms with Gasteiger partial charge in [-0.1, -0.05) is 13.0 Å². The Hall–Kier alpha value is -1.07. The summed E-state index contributed by atoms with van der Waals surface area (Å²) in [5.41, 5.74) is -0.892. The van der Waals surface area contributed by atoms with Crippen molar-refractivity contribution in [3.63, 3.8) is 0 Å². The summed E-state index contributed by atoms with van der Waals surface area (Å²) < 4.78 is 5.97. The van der Waals surface area contributed by atoms with Crippen molar-refractivity contribution in [3.8, 4) is 5.75 Å². The monoisotopic (exact) mass is 302 g/mol. The van der Waals surface area contributed by atoms with Gasteiger partial charge in [-0.15, -0.1) is 0 Å². The van der Waals surface area contributed by atoms with Crippen LogP contribution in [0.5, 0.6) is 5.75 Å². The summed E-state index contributed by atoms with van der Waals surface area (Å²) in [6.07, 6.45) is 0.528. The van der Waals surface area contributed by atoms with Gasteiger partial charge in [-0.2, -0.15) is 0 Å². The second-order valence-electron chi connectivity index (χ2n) is 4.06. The van der Waals surface area contributed by atoms with Crippen LogP contribution in [0.25, 0.3) is 0 Å². The molecule has 0 bridgehead atoms. The normalized spacial score (nSPS) is 14.1. The van der Waals surface area contributed by atoms with Crippen LogP contribution < -0.4 is 4.74 Å². The van der Waals surface area contributed by atoms with Crippen molar-refractivity contribution in [2.75, 3.05) is 6.61 Å². The van der Waals surface area contributed by atoms with Crippen molar-refractivity contribution in [2.24, 2.45) is 0 Å². The predicted molar refractivity (Wildman–Crippen MR) is 67.5 cm³/mol. The summed E-state index contributed by atoms with van der Waals surface area (Å²) in [5.74, 6) is -0.814. The second-order valence-corrected chi connectivity index (χ2v) is 4.92. The Morgan fingerprint density at radius 2 is 2.18 bits per heavy atom. The molecule has 1 rings (SSSR count). The van der Waals surface area contributed by atoms with Crippen molar-refractivity contribution in [1.29, 1.82) is 0 Å². The van der Waals surface area contributed by atoms with Gasteiger partial charge >= 0.3 is 5.97 Å². The Kier molecular flexibility index (Phi) is 4.54. The molecule has 1 unspecified atom stereocenters. The molecule has 1 aromatic carbocycles. The van der Waals surface area contributed by atoms with E-state index in [2.05, 4.69) is 15.9 Å². The van der Waals surface area contributed by atoms with Gasteiger partial charge in [-0.3, -0.25) is 0 Å². The standard InChI is InChI=1S/C12H15BrO4/c1-3-12(2,16)7-17-10-8(11(14)15)5-4-6-9(10)13/h4-6,16H,3,7H2,1-2H3,(H,14,15). The number of hydrogen-bond acceptors (Lipinski definition) is 3. The smallest absolute Gasteiger partial charge is 0.339 e. The number of aromatic carboxylic acids is 1. The minimum atomic E-state index is -1.06. The summed E-state index contributed by atoms with van der Waals surface area (Å²) in [5, 5.41) is 18.8. The molecule has 0 saturated heterocycles. The van der Waals surface area contributed by atoms with Gasteiger partial charge in [-0.25, -0.2) is 4.79 Å². The van der Waals surface area contributed by atoms with Crippen molar-refractivity contribution in [1.82, 2.24) is 0 Å². The second kappa shape index (κ2) is 5.51. The highest BCUT2D eigenvalue weighted by Crippen LogP contribution is 2.30. The van der Waals surface area contributed by atoms with Gasteiger partial charge in [0.05, 0.1) is 10.1 Å². The minimum absolute atomic E-state index is 0.0480. The number of benzene rings is 1. The Balaban J connectivity index is 2.94. The van der Waals surface area contributed by atoms with Gasteiger partial charge < -0.3 is 14.9 Å². The van der Waals surface area contributed by atoms with E-state index in [4.69, 9.17) is 9.84 Å². The molecule has 0 fully saturated rings. The first-order chi connectivity index (χ1) is 7.87. The lowest BCUT2D eigenvalue weighted by Gasteiger charge is -2.22. The molecule has 0 saturated carbocycles. The fourth-order valence-corrected chi connectivity index (χ4v) is 1.63.